The Morgan fingerprint density at radius 3 is 2.86 bits per heavy atom. The van der Waals surface area contributed by atoms with Gasteiger partial charge >= 0.3 is 0 Å². The summed E-state index contributed by atoms with van der Waals surface area (Å²) in [4.78, 5) is 9.00. The highest BCUT2D eigenvalue weighted by atomic mass is 16.5. The smallest absolute Gasteiger partial charge is 0.180 e. The van der Waals surface area contributed by atoms with Crippen molar-refractivity contribution >= 4 is 11.5 Å². The van der Waals surface area contributed by atoms with Crippen molar-refractivity contribution in [2.45, 2.75) is 18.9 Å². The third-order valence-electron chi connectivity index (χ3n) is 3.99. The lowest BCUT2D eigenvalue weighted by molar-refractivity contribution is 0.0904. The number of hydrogen-bond acceptors (Lipinski definition) is 5. The molecule has 3 aromatic rings. The van der Waals surface area contributed by atoms with Gasteiger partial charge in [-0.2, -0.15) is 5.10 Å². The molecule has 7 heteroatoms. The quantitative estimate of drug-likeness (QED) is 0.797. The second-order valence-corrected chi connectivity index (χ2v) is 5.55. The maximum atomic E-state index is 5.40. The Balaban J connectivity index is 1.70. The molecule has 0 aromatic carbocycles. The third-order valence-corrected chi connectivity index (χ3v) is 3.99. The van der Waals surface area contributed by atoms with Gasteiger partial charge in [0.05, 0.1) is 18.1 Å². The summed E-state index contributed by atoms with van der Waals surface area (Å²) in [6, 6.07) is 0.394. The lowest BCUT2D eigenvalue weighted by atomic mass is 10.1. The van der Waals surface area contributed by atoms with Crippen molar-refractivity contribution in [2.75, 3.05) is 18.5 Å². The van der Waals surface area contributed by atoms with Crippen molar-refractivity contribution in [3.63, 3.8) is 0 Å². The van der Waals surface area contributed by atoms with Gasteiger partial charge in [-0.15, -0.1) is 0 Å². The Labute approximate surface area is 128 Å². The first-order chi connectivity index (χ1) is 10.8. The normalized spacial score (nSPS) is 16.2. The van der Waals surface area contributed by atoms with Gasteiger partial charge in [0, 0.05) is 50.5 Å². The third kappa shape index (κ3) is 2.33. The fourth-order valence-electron chi connectivity index (χ4n) is 2.82. The van der Waals surface area contributed by atoms with Crippen molar-refractivity contribution in [3.8, 4) is 11.3 Å². The summed E-state index contributed by atoms with van der Waals surface area (Å²) in [6.07, 6.45) is 11.4. The molecule has 0 spiro atoms. The van der Waals surface area contributed by atoms with Crippen LogP contribution in [0.25, 0.3) is 16.9 Å². The summed E-state index contributed by atoms with van der Waals surface area (Å²) >= 11 is 0. The van der Waals surface area contributed by atoms with E-state index in [-0.39, 0.29) is 0 Å². The van der Waals surface area contributed by atoms with E-state index in [1.807, 2.05) is 36.2 Å². The molecular weight excluding hydrogens is 280 g/mol. The lowest BCUT2D eigenvalue weighted by Crippen LogP contribution is -2.28. The first-order valence-corrected chi connectivity index (χ1v) is 7.46. The zero-order chi connectivity index (χ0) is 14.9. The van der Waals surface area contributed by atoms with Crippen LogP contribution in [0.3, 0.4) is 0 Å². The topological polar surface area (TPSA) is 69.3 Å². The Morgan fingerprint density at radius 1 is 1.23 bits per heavy atom. The molecule has 0 amide bonds. The molecule has 1 fully saturated rings. The summed E-state index contributed by atoms with van der Waals surface area (Å²) in [5.74, 6) is 0.824. The number of nitrogens with zero attached hydrogens (tertiary/aromatic N) is 5. The molecule has 0 atom stereocenters. The molecule has 0 saturated carbocycles. The summed E-state index contributed by atoms with van der Waals surface area (Å²) < 4.78 is 9.23. The predicted octanol–water partition coefficient (Wildman–Crippen LogP) is 1.72. The van der Waals surface area contributed by atoms with Crippen LogP contribution in [-0.2, 0) is 11.8 Å². The Kier molecular flexibility index (Phi) is 3.27. The molecule has 3 aromatic heterocycles. The zero-order valence-corrected chi connectivity index (χ0v) is 12.4. The fourth-order valence-corrected chi connectivity index (χ4v) is 2.82. The molecule has 0 radical (unpaired) electrons. The zero-order valence-electron chi connectivity index (χ0n) is 12.4. The highest BCUT2D eigenvalue weighted by molar-refractivity contribution is 5.70. The van der Waals surface area contributed by atoms with E-state index in [2.05, 4.69) is 20.4 Å². The van der Waals surface area contributed by atoms with E-state index in [1.165, 1.54) is 0 Å². The average Bonchev–Trinajstić information content (AvgIpc) is 3.15. The van der Waals surface area contributed by atoms with Crippen LogP contribution in [0.15, 0.2) is 31.0 Å². The minimum Gasteiger partial charge on any atom is -0.381 e. The maximum Gasteiger partial charge on any atom is 0.180 e. The molecule has 1 N–H and O–H groups in total. The highest BCUT2D eigenvalue weighted by Gasteiger charge is 2.17. The largest absolute Gasteiger partial charge is 0.381 e. The Hall–Kier alpha value is -2.41. The van der Waals surface area contributed by atoms with E-state index in [1.54, 1.807) is 10.9 Å². The number of rotatable bonds is 3. The van der Waals surface area contributed by atoms with E-state index in [0.717, 1.165) is 48.8 Å². The van der Waals surface area contributed by atoms with E-state index in [4.69, 9.17) is 4.74 Å². The predicted molar refractivity (Wildman–Crippen MR) is 82.7 cm³/mol. The highest BCUT2D eigenvalue weighted by Crippen LogP contribution is 2.24. The molecule has 0 unspecified atom stereocenters. The summed E-state index contributed by atoms with van der Waals surface area (Å²) in [7, 11) is 1.91. The van der Waals surface area contributed by atoms with Crippen molar-refractivity contribution < 1.29 is 4.74 Å². The van der Waals surface area contributed by atoms with Crippen LogP contribution in [-0.4, -0.2) is 43.4 Å². The molecule has 22 heavy (non-hydrogen) atoms. The molecule has 0 bridgehead atoms. The number of hydrogen-bond donors (Lipinski definition) is 1. The van der Waals surface area contributed by atoms with Gasteiger partial charge in [-0.25, -0.2) is 9.97 Å². The van der Waals surface area contributed by atoms with Crippen LogP contribution in [0.2, 0.25) is 0 Å². The number of aromatic nitrogens is 5. The SMILES string of the molecule is Cn1cc(-c2cnc3c(NC4CCOCC4)nccn23)cn1. The molecule has 1 aliphatic heterocycles. The second kappa shape index (κ2) is 5.42. The first-order valence-electron chi connectivity index (χ1n) is 7.46. The standard InChI is InChI=1S/C15H18N6O/c1-20-10-11(8-18-20)13-9-17-15-14(16-4-5-21(13)15)19-12-2-6-22-7-3-12/h4-5,8-10,12H,2-3,6-7H2,1H3,(H,16,19). The van der Waals surface area contributed by atoms with E-state index in [0.29, 0.717) is 6.04 Å². The summed E-state index contributed by atoms with van der Waals surface area (Å²) in [5.41, 5.74) is 2.89. The molecule has 114 valence electrons. The van der Waals surface area contributed by atoms with Crippen LogP contribution in [0.1, 0.15) is 12.8 Å². The summed E-state index contributed by atoms with van der Waals surface area (Å²) in [6.45, 7) is 1.60. The van der Waals surface area contributed by atoms with Gasteiger partial charge in [-0.1, -0.05) is 0 Å². The van der Waals surface area contributed by atoms with Gasteiger partial charge < -0.3 is 10.1 Å². The number of imidazole rings is 1. The minimum atomic E-state index is 0.394. The number of nitrogens with one attached hydrogen (secondary N) is 1. The van der Waals surface area contributed by atoms with Crippen LogP contribution >= 0.6 is 0 Å². The summed E-state index contributed by atoms with van der Waals surface area (Å²) in [5, 5.41) is 7.72. The molecule has 4 rings (SSSR count). The van der Waals surface area contributed by atoms with E-state index in [9.17, 15) is 0 Å². The van der Waals surface area contributed by atoms with Crippen molar-refractivity contribution in [2.24, 2.45) is 7.05 Å². The van der Waals surface area contributed by atoms with Gasteiger partial charge in [-0.05, 0) is 12.8 Å². The van der Waals surface area contributed by atoms with Crippen molar-refractivity contribution in [1.29, 1.82) is 0 Å². The van der Waals surface area contributed by atoms with Crippen LogP contribution in [0.4, 0.5) is 5.82 Å². The second-order valence-electron chi connectivity index (χ2n) is 5.55. The van der Waals surface area contributed by atoms with Gasteiger partial charge in [-0.3, -0.25) is 9.08 Å². The molecule has 4 heterocycles. The maximum absolute atomic E-state index is 5.40. The fraction of sp³-hybridized carbons (Fsp3) is 0.400. The number of aryl methyl sites for hydroxylation is 1. The van der Waals surface area contributed by atoms with Crippen molar-refractivity contribution in [3.05, 3.63) is 31.0 Å². The molecule has 7 nitrogen and oxygen atoms in total. The first kappa shape index (κ1) is 13.3. The van der Waals surface area contributed by atoms with Gasteiger partial charge in [0.15, 0.2) is 11.5 Å². The van der Waals surface area contributed by atoms with Crippen LogP contribution in [0, 0.1) is 0 Å². The van der Waals surface area contributed by atoms with Gasteiger partial charge in [0.2, 0.25) is 0 Å². The minimum absolute atomic E-state index is 0.394. The monoisotopic (exact) mass is 298 g/mol. The molecule has 0 aliphatic carbocycles. The van der Waals surface area contributed by atoms with E-state index >= 15 is 0 Å². The van der Waals surface area contributed by atoms with Gasteiger partial charge in [0.1, 0.15) is 0 Å². The Bertz CT molecular complexity index is 786. The van der Waals surface area contributed by atoms with Crippen molar-refractivity contribution in [1.82, 2.24) is 24.1 Å². The number of ether oxygens (including phenoxy) is 1. The van der Waals surface area contributed by atoms with Gasteiger partial charge in [0.25, 0.3) is 0 Å². The average molecular weight is 298 g/mol. The Morgan fingerprint density at radius 2 is 2.09 bits per heavy atom. The lowest BCUT2D eigenvalue weighted by Gasteiger charge is -2.23. The molecular formula is C15H18N6O. The van der Waals surface area contributed by atoms with Crippen LogP contribution < -0.4 is 5.32 Å². The van der Waals surface area contributed by atoms with Crippen LogP contribution in [0.5, 0.6) is 0 Å². The molecule has 1 aliphatic rings. The molecule has 1 saturated heterocycles. The number of anilines is 1. The number of fused-ring (bicyclic) bond motifs is 1. The van der Waals surface area contributed by atoms with E-state index < -0.39 is 0 Å².